The number of pyridine rings is 1. The lowest BCUT2D eigenvalue weighted by Gasteiger charge is -2.39. The van der Waals surface area contributed by atoms with E-state index in [4.69, 9.17) is 25.9 Å². The number of rotatable bonds is 10. The summed E-state index contributed by atoms with van der Waals surface area (Å²) in [4.78, 5) is 11.8. The standard InChI is InChI=1S/C33H36F2N8O2/c1-20-13-21(14-28(39)31(20)45-10-2-8-36)24-5-9-40-18-29(24)43-32-41-17-23(42-32)3-4-27(38)30-25(34)15-22(16-26(30)35)33(19-37)6-11-44-12-7-33/h3-5,9,15-18,20-21,28,31,38H,2,6-7,10-14,39H2,1H3,(H2,41,42,43)/b4-3-,38-27?/t20-,21+,28+,31-/m0/s1. The largest absolute Gasteiger partial charge is 0.381 e. The summed E-state index contributed by atoms with van der Waals surface area (Å²) in [6.07, 6.45) is 10.3. The molecule has 0 bridgehead atoms. The van der Waals surface area contributed by atoms with Crippen LogP contribution in [-0.4, -0.2) is 52.6 Å². The molecule has 2 fully saturated rings. The van der Waals surface area contributed by atoms with Crippen molar-refractivity contribution < 1.29 is 18.3 Å². The maximum Gasteiger partial charge on any atom is 0.205 e. The number of H-pyrrole nitrogens is 1. The molecule has 3 aromatic rings. The molecule has 0 spiro atoms. The van der Waals surface area contributed by atoms with Crippen LogP contribution in [0.15, 0.2) is 42.9 Å². The minimum atomic E-state index is -1.01. The van der Waals surface area contributed by atoms with E-state index in [9.17, 15) is 5.26 Å². The van der Waals surface area contributed by atoms with Crippen LogP contribution in [0.25, 0.3) is 6.08 Å². The van der Waals surface area contributed by atoms with E-state index in [1.807, 2.05) is 6.07 Å². The molecule has 1 aliphatic carbocycles. The smallest absolute Gasteiger partial charge is 0.205 e. The van der Waals surface area contributed by atoms with Gasteiger partial charge in [-0.25, -0.2) is 13.8 Å². The van der Waals surface area contributed by atoms with Crippen molar-refractivity contribution in [1.29, 1.82) is 15.9 Å². The first-order valence-electron chi connectivity index (χ1n) is 15.0. The molecule has 4 atom stereocenters. The number of benzene rings is 1. The van der Waals surface area contributed by atoms with Gasteiger partial charge in [0.1, 0.15) is 11.6 Å². The Balaban J connectivity index is 1.26. The van der Waals surface area contributed by atoms with Gasteiger partial charge in [0.05, 0.1) is 71.7 Å². The van der Waals surface area contributed by atoms with E-state index < -0.39 is 22.6 Å². The SMILES string of the molecule is C[C@H]1C[C@@H](c2ccncc2Nc2ncc(/C=C\C(=N)c3c(F)cc(C4(C#N)CCOCC4)cc3F)[nH]2)C[C@@H](N)[C@H]1OCCC#N. The first kappa shape index (κ1) is 31.9. The third-order valence-electron chi connectivity index (χ3n) is 8.72. The number of nitriles is 2. The minimum absolute atomic E-state index is 0.105. The molecule has 0 unspecified atom stereocenters. The van der Waals surface area contributed by atoms with Crippen molar-refractivity contribution in [1.82, 2.24) is 15.0 Å². The van der Waals surface area contributed by atoms with E-state index in [0.29, 0.717) is 57.1 Å². The average molecular weight is 615 g/mol. The van der Waals surface area contributed by atoms with Crippen LogP contribution in [0.2, 0.25) is 0 Å². The van der Waals surface area contributed by atoms with Crippen LogP contribution < -0.4 is 11.1 Å². The molecule has 5 N–H and O–H groups in total. The molecule has 5 rings (SSSR count). The molecular formula is C33H36F2N8O2. The van der Waals surface area contributed by atoms with Gasteiger partial charge in [0.15, 0.2) is 0 Å². The molecule has 10 nitrogen and oxygen atoms in total. The summed E-state index contributed by atoms with van der Waals surface area (Å²) in [6, 6.07) is 8.41. The molecule has 1 aromatic carbocycles. The zero-order valence-electron chi connectivity index (χ0n) is 25.0. The molecule has 12 heteroatoms. The van der Waals surface area contributed by atoms with Gasteiger partial charge in [-0.05, 0) is 79.0 Å². The van der Waals surface area contributed by atoms with Gasteiger partial charge in [0.25, 0.3) is 0 Å². The van der Waals surface area contributed by atoms with Crippen molar-refractivity contribution >= 4 is 23.4 Å². The third-order valence-corrected chi connectivity index (χ3v) is 8.72. The Labute approximate surface area is 260 Å². The number of hydrogen-bond donors (Lipinski definition) is 4. The molecule has 2 aromatic heterocycles. The number of aromatic amines is 1. The quantitative estimate of drug-likeness (QED) is 0.168. The lowest BCUT2D eigenvalue weighted by atomic mass is 9.74. The highest BCUT2D eigenvalue weighted by atomic mass is 19.1. The zero-order chi connectivity index (χ0) is 32.0. The average Bonchev–Trinajstić information content (AvgIpc) is 3.48. The van der Waals surface area contributed by atoms with E-state index in [1.165, 1.54) is 12.2 Å². The summed E-state index contributed by atoms with van der Waals surface area (Å²) >= 11 is 0. The van der Waals surface area contributed by atoms with Gasteiger partial charge in [-0.2, -0.15) is 10.5 Å². The molecule has 2 aliphatic rings. The fourth-order valence-electron chi connectivity index (χ4n) is 6.37. The number of aromatic nitrogens is 3. The molecule has 1 saturated heterocycles. The number of allylic oxidation sites excluding steroid dienone is 1. The molecule has 45 heavy (non-hydrogen) atoms. The van der Waals surface area contributed by atoms with Gasteiger partial charge in [0, 0.05) is 25.5 Å². The summed E-state index contributed by atoms with van der Waals surface area (Å²) in [5.74, 6) is -0.991. The Morgan fingerprint density at radius 2 is 2.00 bits per heavy atom. The molecule has 1 aliphatic heterocycles. The van der Waals surface area contributed by atoms with Gasteiger partial charge in [-0.3, -0.25) is 4.98 Å². The summed E-state index contributed by atoms with van der Waals surface area (Å²) in [5.41, 5.74) is 7.26. The van der Waals surface area contributed by atoms with Crippen molar-refractivity contribution in [3.8, 4) is 12.1 Å². The van der Waals surface area contributed by atoms with Crippen LogP contribution in [0, 0.1) is 45.6 Å². The minimum Gasteiger partial charge on any atom is -0.381 e. The third kappa shape index (κ3) is 7.10. The Morgan fingerprint density at radius 3 is 2.69 bits per heavy atom. The number of anilines is 2. The van der Waals surface area contributed by atoms with Crippen molar-refractivity contribution in [2.75, 3.05) is 25.1 Å². The number of imidazole rings is 1. The summed E-state index contributed by atoms with van der Waals surface area (Å²) in [7, 11) is 0. The molecule has 3 heterocycles. The van der Waals surface area contributed by atoms with E-state index >= 15 is 8.78 Å². The van der Waals surface area contributed by atoms with Crippen LogP contribution >= 0.6 is 0 Å². The highest BCUT2D eigenvalue weighted by molar-refractivity contribution is 6.09. The summed E-state index contributed by atoms with van der Waals surface area (Å²) in [5, 5.41) is 30.2. The number of hydrogen-bond acceptors (Lipinski definition) is 9. The van der Waals surface area contributed by atoms with E-state index in [2.05, 4.69) is 39.3 Å². The fourth-order valence-corrected chi connectivity index (χ4v) is 6.37. The predicted octanol–water partition coefficient (Wildman–Crippen LogP) is 5.62. The van der Waals surface area contributed by atoms with Crippen LogP contribution in [0.1, 0.15) is 67.3 Å². The van der Waals surface area contributed by atoms with Crippen LogP contribution in [-0.2, 0) is 14.9 Å². The van der Waals surface area contributed by atoms with Gasteiger partial charge in [0.2, 0.25) is 5.95 Å². The molecule has 0 radical (unpaired) electrons. The molecule has 234 valence electrons. The van der Waals surface area contributed by atoms with Crippen LogP contribution in [0.5, 0.6) is 0 Å². The monoisotopic (exact) mass is 614 g/mol. The Bertz CT molecular complexity index is 1600. The number of nitrogens with zero attached hydrogens (tertiary/aromatic N) is 4. The second-order valence-corrected chi connectivity index (χ2v) is 11.7. The van der Waals surface area contributed by atoms with Gasteiger partial charge < -0.3 is 30.9 Å². The maximum absolute atomic E-state index is 15.1. The van der Waals surface area contributed by atoms with Gasteiger partial charge in [-0.1, -0.05) is 6.92 Å². The Morgan fingerprint density at radius 1 is 1.24 bits per heavy atom. The predicted molar refractivity (Wildman–Crippen MR) is 165 cm³/mol. The topological polar surface area (TPSA) is 170 Å². The molecule has 0 amide bonds. The summed E-state index contributed by atoms with van der Waals surface area (Å²) < 4.78 is 41.5. The lowest BCUT2D eigenvalue weighted by Crippen LogP contribution is -2.46. The number of nitrogens with two attached hydrogens (primary N) is 1. The first-order valence-corrected chi connectivity index (χ1v) is 15.0. The normalized spacial score (nSPS) is 22.9. The number of ether oxygens (including phenoxy) is 2. The van der Waals surface area contributed by atoms with Gasteiger partial charge >= 0.3 is 0 Å². The molecular weight excluding hydrogens is 578 g/mol. The highest BCUT2D eigenvalue weighted by Gasteiger charge is 2.37. The van der Waals surface area contributed by atoms with E-state index in [-0.39, 0.29) is 35.3 Å². The first-order chi connectivity index (χ1) is 21.7. The van der Waals surface area contributed by atoms with Crippen LogP contribution in [0.4, 0.5) is 20.4 Å². The molecule has 1 saturated carbocycles. The number of halogens is 2. The van der Waals surface area contributed by atoms with E-state index in [1.54, 1.807) is 18.6 Å². The van der Waals surface area contributed by atoms with Crippen molar-refractivity contribution in [2.45, 2.75) is 62.5 Å². The lowest BCUT2D eigenvalue weighted by molar-refractivity contribution is -0.0198. The zero-order valence-corrected chi connectivity index (χ0v) is 25.0. The number of nitrogens with one attached hydrogen (secondary N) is 3. The van der Waals surface area contributed by atoms with Crippen molar-refractivity contribution in [2.24, 2.45) is 11.7 Å². The second-order valence-electron chi connectivity index (χ2n) is 11.7. The van der Waals surface area contributed by atoms with Crippen molar-refractivity contribution in [3.63, 3.8) is 0 Å². The fraction of sp³-hybridized carbons (Fsp3) is 0.424. The van der Waals surface area contributed by atoms with Crippen molar-refractivity contribution in [3.05, 3.63) is 76.9 Å². The second kappa shape index (κ2) is 14.1. The Hall–Kier alpha value is -4.49. The van der Waals surface area contributed by atoms with Gasteiger partial charge in [-0.15, -0.1) is 0 Å². The summed E-state index contributed by atoms with van der Waals surface area (Å²) in [6.45, 7) is 3.17. The van der Waals surface area contributed by atoms with E-state index in [0.717, 1.165) is 29.8 Å². The highest BCUT2D eigenvalue weighted by Crippen LogP contribution is 2.40. The Kier molecular flexibility index (Phi) is 9.99. The van der Waals surface area contributed by atoms with Crippen LogP contribution in [0.3, 0.4) is 0 Å². The maximum atomic E-state index is 15.1.